The van der Waals surface area contributed by atoms with Crippen molar-refractivity contribution in [2.75, 3.05) is 32.7 Å². The lowest BCUT2D eigenvalue weighted by atomic mass is 10.2. The Morgan fingerprint density at radius 3 is 2.52 bits per heavy atom. The van der Waals surface area contributed by atoms with Crippen LogP contribution in [-0.4, -0.2) is 74.5 Å². The summed E-state index contributed by atoms with van der Waals surface area (Å²) in [6.45, 7) is 9.13. The van der Waals surface area contributed by atoms with Gasteiger partial charge in [0.15, 0.2) is 0 Å². The highest BCUT2D eigenvalue weighted by atomic mass is 16.6. The minimum atomic E-state index is -0.574. The number of nitrogens with zero attached hydrogens (tertiary/aromatic N) is 5. The summed E-state index contributed by atoms with van der Waals surface area (Å²) >= 11 is 0. The lowest BCUT2D eigenvalue weighted by Crippen LogP contribution is -2.50. The van der Waals surface area contributed by atoms with Crippen molar-refractivity contribution in [3.8, 4) is 0 Å². The summed E-state index contributed by atoms with van der Waals surface area (Å²) in [6, 6.07) is 0.557. The molecule has 2 rings (SSSR count). The number of hydrogen-bond donors (Lipinski definition) is 1. The molecule has 0 bridgehead atoms. The molecule has 1 N–H and O–H groups in total. The van der Waals surface area contributed by atoms with Gasteiger partial charge >= 0.3 is 5.69 Å². The Labute approximate surface area is 124 Å². The van der Waals surface area contributed by atoms with E-state index in [9.17, 15) is 15.2 Å². The third kappa shape index (κ3) is 4.48. The fourth-order valence-corrected chi connectivity index (χ4v) is 2.58. The van der Waals surface area contributed by atoms with E-state index in [0.29, 0.717) is 12.6 Å². The molecule has 0 aromatic carbocycles. The van der Waals surface area contributed by atoms with Gasteiger partial charge in [-0.3, -0.25) is 24.6 Å². The van der Waals surface area contributed by atoms with Crippen molar-refractivity contribution in [1.82, 2.24) is 19.6 Å². The zero-order chi connectivity index (χ0) is 15.4. The van der Waals surface area contributed by atoms with Crippen molar-refractivity contribution in [1.29, 1.82) is 0 Å². The summed E-state index contributed by atoms with van der Waals surface area (Å²) in [5.74, 6) is 0. The van der Waals surface area contributed by atoms with Gasteiger partial charge in [0.2, 0.25) is 0 Å². The molecule has 8 heteroatoms. The first-order valence-corrected chi connectivity index (χ1v) is 7.27. The van der Waals surface area contributed by atoms with Crippen molar-refractivity contribution in [3.63, 3.8) is 0 Å². The van der Waals surface area contributed by atoms with Crippen molar-refractivity contribution in [3.05, 3.63) is 22.5 Å². The van der Waals surface area contributed by atoms with E-state index in [-0.39, 0.29) is 12.2 Å². The van der Waals surface area contributed by atoms with Crippen LogP contribution in [0.25, 0.3) is 0 Å². The van der Waals surface area contributed by atoms with Gasteiger partial charge in [-0.15, -0.1) is 0 Å². The van der Waals surface area contributed by atoms with Gasteiger partial charge in [-0.1, -0.05) is 0 Å². The average molecular weight is 297 g/mol. The minimum Gasteiger partial charge on any atom is -0.390 e. The van der Waals surface area contributed by atoms with Crippen LogP contribution < -0.4 is 0 Å². The van der Waals surface area contributed by atoms with Crippen LogP contribution in [0.4, 0.5) is 5.69 Å². The van der Waals surface area contributed by atoms with Crippen LogP contribution in [0.2, 0.25) is 0 Å². The van der Waals surface area contributed by atoms with Crippen molar-refractivity contribution in [2.45, 2.75) is 32.5 Å². The van der Waals surface area contributed by atoms with Gasteiger partial charge in [-0.25, -0.2) is 0 Å². The maximum Gasteiger partial charge on any atom is 0.306 e. The Balaban J connectivity index is 1.77. The number of nitro groups is 1. The second-order valence-electron chi connectivity index (χ2n) is 5.76. The highest BCUT2D eigenvalue weighted by Gasteiger charge is 2.21. The van der Waals surface area contributed by atoms with Crippen molar-refractivity contribution >= 4 is 5.69 Å². The molecule has 1 aromatic heterocycles. The molecule has 1 aliphatic heterocycles. The Kier molecular flexibility index (Phi) is 5.27. The highest BCUT2D eigenvalue weighted by molar-refractivity contribution is 5.20. The van der Waals surface area contributed by atoms with Gasteiger partial charge in [-0.05, 0) is 13.8 Å². The molecule has 0 spiro atoms. The fourth-order valence-electron chi connectivity index (χ4n) is 2.58. The van der Waals surface area contributed by atoms with Crippen LogP contribution in [0, 0.1) is 10.1 Å². The maximum atomic E-state index is 10.6. The summed E-state index contributed by atoms with van der Waals surface area (Å²) in [5.41, 5.74) is -0.0484. The second kappa shape index (κ2) is 6.97. The number of aromatic nitrogens is 2. The minimum absolute atomic E-state index is 0.0484. The van der Waals surface area contributed by atoms with E-state index in [4.69, 9.17) is 0 Å². The Morgan fingerprint density at radius 2 is 2.00 bits per heavy atom. The van der Waals surface area contributed by atoms with Gasteiger partial charge in [-0.2, -0.15) is 5.10 Å². The molecule has 1 fully saturated rings. The second-order valence-corrected chi connectivity index (χ2v) is 5.76. The highest BCUT2D eigenvalue weighted by Crippen LogP contribution is 2.10. The summed E-state index contributed by atoms with van der Waals surface area (Å²) in [6.07, 6.45) is 1.98. The Morgan fingerprint density at radius 1 is 1.33 bits per heavy atom. The average Bonchev–Trinajstić information content (AvgIpc) is 2.87. The molecule has 0 aliphatic carbocycles. The van der Waals surface area contributed by atoms with Crippen LogP contribution in [0.15, 0.2) is 12.4 Å². The molecule has 1 unspecified atom stereocenters. The van der Waals surface area contributed by atoms with Crippen LogP contribution >= 0.6 is 0 Å². The summed E-state index contributed by atoms with van der Waals surface area (Å²) in [4.78, 5) is 14.7. The molecule has 1 saturated heterocycles. The van der Waals surface area contributed by atoms with E-state index in [0.717, 1.165) is 26.2 Å². The molecule has 8 nitrogen and oxygen atoms in total. The van der Waals surface area contributed by atoms with Gasteiger partial charge in [0.1, 0.15) is 12.4 Å². The standard InChI is InChI=1S/C13H23N5O3/c1-11(2)16-5-3-15(4-6-16)9-13(19)10-17-8-12(7-14-17)18(20)21/h7-8,11,13,19H,3-6,9-10H2,1-2H3. The number of aliphatic hydroxyl groups is 1. The van der Waals surface area contributed by atoms with Crippen LogP contribution in [0.5, 0.6) is 0 Å². The number of β-amino-alcohol motifs (C(OH)–C–C–N with tert-alkyl or cyclic N) is 1. The van der Waals surface area contributed by atoms with E-state index in [1.54, 1.807) is 0 Å². The molecule has 2 heterocycles. The normalized spacial score (nSPS) is 19.0. The number of piperazine rings is 1. The Hall–Kier alpha value is -1.51. The number of hydrogen-bond acceptors (Lipinski definition) is 6. The van der Waals surface area contributed by atoms with Gasteiger partial charge in [0.05, 0.1) is 17.6 Å². The first-order valence-electron chi connectivity index (χ1n) is 7.27. The molecule has 1 aliphatic rings. The summed E-state index contributed by atoms with van der Waals surface area (Å²) in [7, 11) is 0. The molecule has 21 heavy (non-hydrogen) atoms. The van der Waals surface area contributed by atoms with Crippen LogP contribution in [0.3, 0.4) is 0 Å². The van der Waals surface area contributed by atoms with E-state index < -0.39 is 11.0 Å². The summed E-state index contributed by atoms with van der Waals surface area (Å²) < 4.78 is 1.42. The molecule has 118 valence electrons. The smallest absolute Gasteiger partial charge is 0.306 e. The zero-order valence-electron chi connectivity index (χ0n) is 12.6. The van der Waals surface area contributed by atoms with Gasteiger partial charge < -0.3 is 5.11 Å². The molecule has 0 saturated carbocycles. The van der Waals surface area contributed by atoms with Gasteiger partial charge in [0, 0.05) is 38.8 Å². The molecule has 0 amide bonds. The van der Waals surface area contributed by atoms with Crippen molar-refractivity contribution < 1.29 is 10.0 Å². The van der Waals surface area contributed by atoms with E-state index in [1.807, 2.05) is 0 Å². The number of aliphatic hydroxyl groups excluding tert-OH is 1. The quantitative estimate of drug-likeness (QED) is 0.595. The predicted molar refractivity (Wildman–Crippen MR) is 78.0 cm³/mol. The summed E-state index contributed by atoms with van der Waals surface area (Å²) in [5, 5.41) is 24.6. The molecular weight excluding hydrogens is 274 g/mol. The molecule has 0 radical (unpaired) electrons. The zero-order valence-corrected chi connectivity index (χ0v) is 12.6. The topological polar surface area (TPSA) is 87.7 Å². The van der Waals surface area contributed by atoms with E-state index in [1.165, 1.54) is 17.1 Å². The molecular formula is C13H23N5O3. The molecule has 1 atom stereocenters. The fraction of sp³-hybridized carbons (Fsp3) is 0.769. The van der Waals surface area contributed by atoms with Crippen LogP contribution in [0.1, 0.15) is 13.8 Å². The van der Waals surface area contributed by atoms with Crippen molar-refractivity contribution in [2.24, 2.45) is 0 Å². The van der Waals surface area contributed by atoms with Gasteiger partial charge in [0.25, 0.3) is 0 Å². The lowest BCUT2D eigenvalue weighted by Gasteiger charge is -2.37. The Bertz CT molecular complexity index is 468. The van der Waals surface area contributed by atoms with E-state index in [2.05, 4.69) is 28.7 Å². The third-order valence-corrected chi connectivity index (χ3v) is 3.83. The first kappa shape index (κ1) is 15.9. The SMILES string of the molecule is CC(C)N1CCN(CC(O)Cn2cc([N+](=O)[O-])cn2)CC1. The predicted octanol–water partition coefficient (Wildman–Crippen LogP) is 0.178. The van der Waals surface area contributed by atoms with Crippen LogP contribution in [-0.2, 0) is 6.54 Å². The monoisotopic (exact) mass is 297 g/mol. The molecule has 1 aromatic rings. The maximum absolute atomic E-state index is 10.6. The first-order chi connectivity index (χ1) is 9.95. The largest absolute Gasteiger partial charge is 0.390 e. The van der Waals surface area contributed by atoms with E-state index >= 15 is 0 Å². The number of rotatable bonds is 6. The lowest BCUT2D eigenvalue weighted by molar-refractivity contribution is -0.385. The third-order valence-electron chi connectivity index (χ3n) is 3.83.